The number of allylic oxidation sites excluding steroid dienone is 1. The van der Waals surface area contributed by atoms with Gasteiger partial charge in [0.15, 0.2) is 5.11 Å². The molecule has 1 N–H and O–H groups in total. The Morgan fingerprint density at radius 1 is 1.12 bits per heavy atom. The van der Waals surface area contributed by atoms with Gasteiger partial charge < -0.3 is 14.7 Å². The van der Waals surface area contributed by atoms with Crippen LogP contribution >= 0.6 is 23.8 Å². The molecule has 1 unspecified atom stereocenters. The van der Waals surface area contributed by atoms with Crippen LogP contribution in [0.15, 0.2) is 58.8 Å². The first-order chi connectivity index (χ1) is 16.0. The number of hydrogen-bond donors (Lipinski definition) is 1. The van der Waals surface area contributed by atoms with Crippen LogP contribution < -0.4 is 5.32 Å². The largest absolute Gasteiger partial charge is 0.351 e. The third-order valence-corrected chi connectivity index (χ3v) is 6.62. The van der Waals surface area contributed by atoms with Gasteiger partial charge in [0.05, 0.1) is 11.6 Å². The van der Waals surface area contributed by atoms with Crippen molar-refractivity contribution in [2.45, 2.75) is 52.5 Å². The second kappa shape index (κ2) is 10.5. The molecule has 7 heteroatoms. The van der Waals surface area contributed by atoms with Crippen molar-refractivity contribution in [1.82, 2.24) is 20.4 Å². The highest BCUT2D eigenvalue weighted by atomic mass is 35.5. The molecule has 1 aliphatic heterocycles. The molecule has 0 amide bonds. The third-order valence-electron chi connectivity index (χ3n) is 6.04. The molecule has 0 radical (unpaired) electrons. The fourth-order valence-electron chi connectivity index (χ4n) is 4.12. The van der Waals surface area contributed by atoms with E-state index in [1.165, 1.54) is 5.56 Å². The molecule has 0 bridgehead atoms. The fraction of sp³-hybridized carbons (Fsp3) is 0.346. The van der Waals surface area contributed by atoms with Gasteiger partial charge in [0.2, 0.25) is 5.82 Å². The summed E-state index contributed by atoms with van der Waals surface area (Å²) in [7, 11) is 0. The Hall–Kier alpha value is -2.70. The third kappa shape index (κ3) is 5.12. The highest BCUT2D eigenvalue weighted by molar-refractivity contribution is 7.80. The van der Waals surface area contributed by atoms with Crippen LogP contribution in [0.3, 0.4) is 0 Å². The number of rotatable bonds is 8. The lowest BCUT2D eigenvalue weighted by Crippen LogP contribution is -2.46. The van der Waals surface area contributed by atoms with Gasteiger partial charge in [-0.3, -0.25) is 0 Å². The fourth-order valence-corrected chi connectivity index (χ4v) is 4.66. The van der Waals surface area contributed by atoms with Crippen molar-refractivity contribution in [2.75, 3.05) is 6.54 Å². The number of halogens is 1. The van der Waals surface area contributed by atoms with Crippen molar-refractivity contribution < 1.29 is 4.52 Å². The van der Waals surface area contributed by atoms with E-state index in [2.05, 4.69) is 60.4 Å². The molecular weight excluding hydrogens is 452 g/mol. The van der Waals surface area contributed by atoms with Gasteiger partial charge in [0.25, 0.3) is 5.89 Å². The molecule has 1 aromatic heterocycles. The first kappa shape index (κ1) is 23.5. The van der Waals surface area contributed by atoms with Crippen LogP contribution in [0.1, 0.15) is 63.1 Å². The topological polar surface area (TPSA) is 54.2 Å². The Bertz CT molecular complexity index is 1160. The molecule has 0 aliphatic carbocycles. The van der Waals surface area contributed by atoms with Crippen LogP contribution in [0.25, 0.3) is 17.0 Å². The van der Waals surface area contributed by atoms with E-state index >= 15 is 0 Å². The van der Waals surface area contributed by atoms with Gasteiger partial charge in [-0.05, 0) is 55.2 Å². The Balaban J connectivity index is 1.76. The number of thiocarbonyl (C=S) groups is 1. The molecule has 1 aliphatic rings. The summed E-state index contributed by atoms with van der Waals surface area (Å²) in [6.07, 6.45) is 4.37. The van der Waals surface area contributed by atoms with E-state index in [-0.39, 0.29) is 6.04 Å². The van der Waals surface area contributed by atoms with Crippen LogP contribution in [0.4, 0.5) is 0 Å². The standard InChI is InChI=1S/C26H29ClN4OS/c1-4-6-7-15-31-17(3)22(23(28-26(31)33)19-13-11-18(5-2)12-14-19)25-29-24(30-32-25)20-9-8-10-21(27)16-20/h8-14,16,23H,4-7,15H2,1-3H3,(H,28,33). The highest BCUT2D eigenvalue weighted by Crippen LogP contribution is 2.37. The van der Waals surface area contributed by atoms with Gasteiger partial charge in [-0.2, -0.15) is 4.98 Å². The smallest absolute Gasteiger partial charge is 0.258 e. The summed E-state index contributed by atoms with van der Waals surface area (Å²) in [6, 6.07) is 15.9. The van der Waals surface area contributed by atoms with E-state index in [0.29, 0.717) is 16.7 Å². The predicted octanol–water partition coefficient (Wildman–Crippen LogP) is 6.81. The number of benzene rings is 2. The number of hydrogen-bond acceptors (Lipinski definition) is 4. The van der Waals surface area contributed by atoms with Gasteiger partial charge >= 0.3 is 0 Å². The lowest BCUT2D eigenvalue weighted by molar-refractivity contribution is 0.395. The quantitative estimate of drug-likeness (QED) is 0.282. The molecular formula is C26H29ClN4OS. The minimum atomic E-state index is -0.168. The summed E-state index contributed by atoms with van der Waals surface area (Å²) in [4.78, 5) is 6.91. The molecule has 0 saturated carbocycles. The SMILES string of the molecule is CCCCCN1C(=S)NC(c2ccc(CC)cc2)C(c2nc(-c3cccc(Cl)c3)no2)=C1C. The molecule has 0 saturated heterocycles. The molecule has 2 heterocycles. The maximum atomic E-state index is 6.17. The summed E-state index contributed by atoms with van der Waals surface area (Å²) in [5.41, 5.74) is 5.21. The number of aryl methyl sites for hydroxylation is 1. The maximum absolute atomic E-state index is 6.17. The van der Waals surface area contributed by atoms with Gasteiger partial charge in [-0.15, -0.1) is 0 Å². The zero-order chi connectivity index (χ0) is 23.4. The second-order valence-corrected chi connectivity index (χ2v) is 9.09. The Labute approximate surface area is 205 Å². The van der Waals surface area contributed by atoms with Crippen LogP contribution in [0.5, 0.6) is 0 Å². The average Bonchev–Trinajstić information content (AvgIpc) is 3.31. The van der Waals surface area contributed by atoms with Gasteiger partial charge in [0.1, 0.15) is 0 Å². The van der Waals surface area contributed by atoms with Crippen LogP contribution in [0, 0.1) is 0 Å². The molecule has 2 aromatic carbocycles. The summed E-state index contributed by atoms with van der Waals surface area (Å²) in [6.45, 7) is 7.30. The molecule has 4 rings (SSSR count). The Morgan fingerprint density at radius 3 is 2.61 bits per heavy atom. The van der Waals surface area contributed by atoms with Crippen LogP contribution in [-0.4, -0.2) is 26.7 Å². The van der Waals surface area contributed by atoms with E-state index in [1.807, 2.05) is 24.3 Å². The zero-order valence-corrected chi connectivity index (χ0v) is 20.8. The van der Waals surface area contributed by atoms with Crippen molar-refractivity contribution in [3.8, 4) is 11.4 Å². The van der Waals surface area contributed by atoms with Crippen molar-refractivity contribution in [3.05, 3.63) is 76.3 Å². The van der Waals surface area contributed by atoms with Crippen molar-refractivity contribution in [1.29, 1.82) is 0 Å². The van der Waals surface area contributed by atoms with Gasteiger partial charge in [-0.25, -0.2) is 0 Å². The molecule has 0 spiro atoms. The molecule has 33 heavy (non-hydrogen) atoms. The highest BCUT2D eigenvalue weighted by Gasteiger charge is 2.33. The molecule has 1 atom stereocenters. The minimum absolute atomic E-state index is 0.168. The van der Waals surface area contributed by atoms with E-state index in [4.69, 9.17) is 33.3 Å². The first-order valence-electron chi connectivity index (χ1n) is 11.5. The van der Waals surface area contributed by atoms with Crippen molar-refractivity contribution in [3.63, 3.8) is 0 Å². The first-order valence-corrected chi connectivity index (χ1v) is 12.3. The number of aromatic nitrogens is 2. The van der Waals surface area contributed by atoms with Crippen LogP contribution in [-0.2, 0) is 6.42 Å². The van der Waals surface area contributed by atoms with Crippen LogP contribution in [0.2, 0.25) is 5.02 Å². The second-order valence-electron chi connectivity index (χ2n) is 8.27. The van der Waals surface area contributed by atoms with E-state index in [9.17, 15) is 0 Å². The number of nitrogens with zero attached hydrogens (tertiary/aromatic N) is 3. The monoisotopic (exact) mass is 480 g/mol. The van der Waals surface area contributed by atoms with Crippen molar-refractivity contribution in [2.24, 2.45) is 0 Å². The molecule has 172 valence electrons. The maximum Gasteiger partial charge on any atom is 0.258 e. The minimum Gasteiger partial charge on any atom is -0.351 e. The molecule has 5 nitrogen and oxygen atoms in total. The number of unbranched alkanes of at least 4 members (excludes halogenated alkanes) is 2. The Kier molecular flexibility index (Phi) is 7.46. The van der Waals surface area contributed by atoms with E-state index < -0.39 is 0 Å². The lowest BCUT2D eigenvalue weighted by atomic mass is 9.93. The predicted molar refractivity (Wildman–Crippen MR) is 138 cm³/mol. The lowest BCUT2D eigenvalue weighted by Gasteiger charge is -2.37. The van der Waals surface area contributed by atoms with E-state index in [1.54, 1.807) is 0 Å². The summed E-state index contributed by atoms with van der Waals surface area (Å²) in [5.74, 6) is 1.00. The van der Waals surface area contributed by atoms with Gasteiger partial charge in [-0.1, -0.05) is 79.8 Å². The number of nitrogens with one attached hydrogen (secondary N) is 1. The Morgan fingerprint density at radius 2 is 1.91 bits per heavy atom. The summed E-state index contributed by atoms with van der Waals surface area (Å²) in [5, 5.41) is 9.15. The van der Waals surface area contributed by atoms with Gasteiger partial charge in [0, 0.05) is 22.8 Å². The summed E-state index contributed by atoms with van der Waals surface area (Å²) >= 11 is 11.9. The zero-order valence-electron chi connectivity index (χ0n) is 19.3. The van der Waals surface area contributed by atoms with Crippen molar-refractivity contribution >= 4 is 34.5 Å². The summed E-state index contributed by atoms with van der Waals surface area (Å²) < 4.78 is 5.80. The molecule has 3 aromatic rings. The normalized spacial score (nSPS) is 16.3. The molecule has 0 fully saturated rings. The average molecular weight is 481 g/mol. The van der Waals surface area contributed by atoms with E-state index in [0.717, 1.165) is 59.7 Å².